The van der Waals surface area contributed by atoms with Crippen molar-refractivity contribution in [2.24, 2.45) is 5.73 Å². The molecule has 0 aliphatic rings. The summed E-state index contributed by atoms with van der Waals surface area (Å²) in [5, 5.41) is 0. The number of rotatable bonds is 4. The Morgan fingerprint density at radius 3 is 2.53 bits per heavy atom. The highest BCUT2D eigenvalue weighted by atomic mass is 127. The number of methoxy groups -OCH3 is 2. The fraction of sp³-hybridized carbons (Fsp3) is 0.400. The molecule has 0 saturated heterocycles. The van der Waals surface area contributed by atoms with Gasteiger partial charge in [0.25, 0.3) is 0 Å². The van der Waals surface area contributed by atoms with E-state index in [-0.39, 0.29) is 11.6 Å². The topological polar surface area (TPSA) is 44.5 Å². The zero-order valence-corrected chi connectivity index (χ0v) is 10.8. The summed E-state index contributed by atoms with van der Waals surface area (Å²) in [6.45, 7) is 0.444. The lowest BCUT2D eigenvalue weighted by molar-refractivity contribution is 0.369. The van der Waals surface area contributed by atoms with Crippen molar-refractivity contribution in [2.75, 3.05) is 20.8 Å². The fourth-order valence-electron chi connectivity index (χ4n) is 1.35. The highest BCUT2D eigenvalue weighted by Gasteiger charge is 2.17. The van der Waals surface area contributed by atoms with Crippen LogP contribution in [0.2, 0.25) is 0 Å². The molecule has 0 radical (unpaired) electrons. The zero-order valence-electron chi connectivity index (χ0n) is 8.64. The van der Waals surface area contributed by atoms with E-state index in [9.17, 15) is 4.39 Å². The molecule has 0 unspecified atom stereocenters. The zero-order chi connectivity index (χ0) is 11.4. The molecule has 1 aromatic rings. The van der Waals surface area contributed by atoms with Gasteiger partial charge in [0.15, 0.2) is 11.6 Å². The summed E-state index contributed by atoms with van der Waals surface area (Å²) in [5.41, 5.74) is 6.17. The summed E-state index contributed by atoms with van der Waals surface area (Å²) < 4.78 is 24.3. The molecule has 15 heavy (non-hydrogen) atoms. The molecular weight excluding hydrogens is 312 g/mol. The molecular formula is C10H13FINO2. The number of hydrogen-bond donors (Lipinski definition) is 1. The predicted octanol–water partition coefficient (Wildman–Crippen LogP) is 1.95. The Bertz CT molecular complexity index is 358. The summed E-state index contributed by atoms with van der Waals surface area (Å²) in [6.07, 6.45) is 0.563. The van der Waals surface area contributed by atoms with Gasteiger partial charge in [-0.1, -0.05) is 0 Å². The summed E-state index contributed by atoms with van der Waals surface area (Å²) >= 11 is 1.89. The molecule has 3 nitrogen and oxygen atoms in total. The second kappa shape index (κ2) is 5.50. The number of hydrogen-bond acceptors (Lipinski definition) is 3. The number of nitrogens with two attached hydrogens (primary N) is 1. The van der Waals surface area contributed by atoms with Crippen molar-refractivity contribution < 1.29 is 13.9 Å². The molecule has 0 fully saturated rings. The van der Waals surface area contributed by atoms with Crippen LogP contribution in [0.5, 0.6) is 11.5 Å². The van der Waals surface area contributed by atoms with Crippen molar-refractivity contribution >= 4 is 22.6 Å². The molecule has 0 aliphatic carbocycles. The normalized spacial score (nSPS) is 10.2. The Morgan fingerprint density at radius 1 is 1.40 bits per heavy atom. The Hall–Kier alpha value is -0.560. The van der Waals surface area contributed by atoms with E-state index in [0.29, 0.717) is 22.3 Å². The largest absolute Gasteiger partial charge is 0.496 e. The smallest absolute Gasteiger partial charge is 0.182 e. The maximum atomic E-state index is 13.8. The van der Waals surface area contributed by atoms with Crippen LogP contribution in [0.15, 0.2) is 6.07 Å². The monoisotopic (exact) mass is 325 g/mol. The van der Waals surface area contributed by atoms with Crippen LogP contribution in [0, 0.1) is 9.39 Å². The molecule has 0 aliphatic heterocycles. The first-order chi connectivity index (χ1) is 7.15. The number of ether oxygens (including phenoxy) is 2. The quantitative estimate of drug-likeness (QED) is 0.861. The van der Waals surface area contributed by atoms with E-state index in [1.165, 1.54) is 14.2 Å². The van der Waals surface area contributed by atoms with Gasteiger partial charge in [-0.3, -0.25) is 0 Å². The highest BCUT2D eigenvalue weighted by molar-refractivity contribution is 14.1. The van der Waals surface area contributed by atoms with Crippen LogP contribution in [0.3, 0.4) is 0 Å². The van der Waals surface area contributed by atoms with Gasteiger partial charge >= 0.3 is 0 Å². The van der Waals surface area contributed by atoms with Crippen molar-refractivity contribution in [3.05, 3.63) is 21.0 Å². The first-order valence-corrected chi connectivity index (χ1v) is 5.52. The molecule has 0 amide bonds. The van der Waals surface area contributed by atoms with E-state index >= 15 is 0 Å². The summed E-state index contributed by atoms with van der Waals surface area (Å²) in [6, 6.07) is 1.76. The van der Waals surface area contributed by atoms with Crippen LogP contribution in [-0.4, -0.2) is 20.8 Å². The Labute approximate surface area is 102 Å². The van der Waals surface area contributed by atoms with Gasteiger partial charge in [-0.2, -0.15) is 0 Å². The lowest BCUT2D eigenvalue weighted by atomic mass is 10.1. The Morgan fingerprint density at radius 2 is 2.07 bits per heavy atom. The van der Waals surface area contributed by atoms with Gasteiger partial charge < -0.3 is 15.2 Å². The third-order valence-electron chi connectivity index (χ3n) is 2.04. The van der Waals surface area contributed by atoms with Crippen LogP contribution >= 0.6 is 22.6 Å². The van der Waals surface area contributed by atoms with Crippen molar-refractivity contribution in [2.45, 2.75) is 6.42 Å². The fourth-order valence-corrected chi connectivity index (χ4v) is 1.97. The third kappa shape index (κ3) is 2.52. The lowest BCUT2D eigenvalue weighted by Gasteiger charge is -2.13. The van der Waals surface area contributed by atoms with Crippen LogP contribution in [-0.2, 0) is 6.42 Å². The third-order valence-corrected chi connectivity index (χ3v) is 3.05. The van der Waals surface area contributed by atoms with Crippen molar-refractivity contribution in [1.82, 2.24) is 0 Å². The van der Waals surface area contributed by atoms with Gasteiger partial charge in [0.1, 0.15) is 5.75 Å². The van der Waals surface area contributed by atoms with E-state index in [2.05, 4.69) is 0 Å². The minimum absolute atomic E-state index is 0.255. The van der Waals surface area contributed by atoms with Crippen LogP contribution in [0.4, 0.5) is 4.39 Å². The average molecular weight is 325 g/mol. The molecule has 0 aromatic heterocycles. The van der Waals surface area contributed by atoms with E-state index in [4.69, 9.17) is 15.2 Å². The van der Waals surface area contributed by atoms with Crippen molar-refractivity contribution in [1.29, 1.82) is 0 Å². The molecule has 0 saturated carbocycles. The summed E-state index contributed by atoms with van der Waals surface area (Å²) in [5.74, 6) is 0.379. The molecule has 0 bridgehead atoms. The van der Waals surface area contributed by atoms with E-state index in [0.717, 1.165) is 5.56 Å². The lowest BCUT2D eigenvalue weighted by Crippen LogP contribution is -2.07. The first kappa shape index (κ1) is 12.5. The van der Waals surface area contributed by atoms with Gasteiger partial charge in [-0.25, -0.2) is 4.39 Å². The number of benzene rings is 1. The van der Waals surface area contributed by atoms with E-state index < -0.39 is 0 Å². The van der Waals surface area contributed by atoms with Crippen LogP contribution in [0.1, 0.15) is 5.56 Å². The molecule has 84 valence electrons. The molecule has 1 aromatic carbocycles. The van der Waals surface area contributed by atoms with Gasteiger partial charge in [0, 0.05) is 5.56 Å². The maximum absolute atomic E-state index is 13.8. The SMILES string of the molecule is COc1cc(CCN)c(OC)c(F)c1I. The molecule has 2 N–H and O–H groups in total. The minimum atomic E-state index is -0.388. The van der Waals surface area contributed by atoms with Gasteiger partial charge in [-0.05, 0) is 41.6 Å². The Balaban J connectivity index is 3.30. The summed E-state index contributed by atoms with van der Waals surface area (Å²) in [4.78, 5) is 0. The van der Waals surface area contributed by atoms with Gasteiger partial charge in [-0.15, -0.1) is 0 Å². The van der Waals surface area contributed by atoms with E-state index in [1.807, 2.05) is 22.6 Å². The standard InChI is InChI=1S/C10H13FINO2/c1-14-7-5-6(3-4-13)10(15-2)8(11)9(7)12/h5H,3-4,13H2,1-2H3. The minimum Gasteiger partial charge on any atom is -0.496 e. The second-order valence-electron chi connectivity index (χ2n) is 2.94. The maximum Gasteiger partial charge on any atom is 0.182 e. The predicted molar refractivity (Wildman–Crippen MR) is 65.0 cm³/mol. The molecule has 1 rings (SSSR count). The van der Waals surface area contributed by atoms with Crippen LogP contribution in [0.25, 0.3) is 0 Å². The molecule has 0 spiro atoms. The average Bonchev–Trinajstić information content (AvgIpc) is 2.24. The van der Waals surface area contributed by atoms with Crippen molar-refractivity contribution in [3.8, 4) is 11.5 Å². The van der Waals surface area contributed by atoms with E-state index in [1.54, 1.807) is 6.07 Å². The molecule has 0 atom stereocenters. The van der Waals surface area contributed by atoms with Crippen molar-refractivity contribution in [3.63, 3.8) is 0 Å². The van der Waals surface area contributed by atoms with Gasteiger partial charge in [0.05, 0.1) is 17.8 Å². The molecule has 0 heterocycles. The molecule has 5 heteroatoms. The van der Waals surface area contributed by atoms with Gasteiger partial charge in [0.2, 0.25) is 0 Å². The summed E-state index contributed by atoms with van der Waals surface area (Å²) in [7, 11) is 2.95. The van der Waals surface area contributed by atoms with Crippen LogP contribution < -0.4 is 15.2 Å². The second-order valence-corrected chi connectivity index (χ2v) is 4.02. The first-order valence-electron chi connectivity index (χ1n) is 4.44. The highest BCUT2D eigenvalue weighted by Crippen LogP contribution is 2.34. The number of halogens is 2. The Kier molecular flexibility index (Phi) is 4.59.